The number of aromatic nitrogens is 3. The quantitative estimate of drug-likeness (QED) is 0.844. The molecule has 0 bridgehead atoms. The van der Waals surface area contributed by atoms with Gasteiger partial charge in [0.2, 0.25) is 0 Å². The van der Waals surface area contributed by atoms with Gasteiger partial charge in [-0.25, -0.2) is 0 Å². The van der Waals surface area contributed by atoms with Gasteiger partial charge in [-0.1, -0.05) is 6.42 Å². The maximum atomic E-state index is 13.0. The van der Waals surface area contributed by atoms with Crippen LogP contribution < -0.4 is 0 Å². The lowest BCUT2D eigenvalue weighted by atomic mass is 9.99. The molecule has 2 aliphatic rings. The Labute approximate surface area is 136 Å². The van der Waals surface area contributed by atoms with Crippen LogP contribution in [0.25, 0.3) is 5.82 Å². The fourth-order valence-corrected chi connectivity index (χ4v) is 3.87. The van der Waals surface area contributed by atoms with Gasteiger partial charge in [0.25, 0.3) is 5.91 Å². The summed E-state index contributed by atoms with van der Waals surface area (Å²) < 4.78 is 3.72. The molecule has 122 valence electrons. The van der Waals surface area contributed by atoms with Crippen molar-refractivity contribution in [3.05, 3.63) is 36.3 Å². The molecule has 6 nitrogen and oxygen atoms in total. The number of carbonyl (C=O) groups excluding carboxylic acids is 1. The fraction of sp³-hybridized carbons (Fsp3) is 0.529. The van der Waals surface area contributed by atoms with E-state index in [4.69, 9.17) is 0 Å². The molecule has 0 aliphatic carbocycles. The number of piperazine rings is 1. The summed E-state index contributed by atoms with van der Waals surface area (Å²) in [6.45, 7) is 3.85. The summed E-state index contributed by atoms with van der Waals surface area (Å²) in [5.74, 6) is 0.943. The predicted octanol–water partition coefficient (Wildman–Crippen LogP) is 1.52. The number of piperidine rings is 1. The first-order chi connectivity index (χ1) is 11.2. The highest BCUT2D eigenvalue weighted by Gasteiger charge is 2.32. The molecule has 23 heavy (non-hydrogen) atoms. The van der Waals surface area contributed by atoms with Gasteiger partial charge in [0.1, 0.15) is 11.4 Å². The Morgan fingerprint density at radius 3 is 2.83 bits per heavy atom. The van der Waals surface area contributed by atoms with Crippen LogP contribution in [0.2, 0.25) is 0 Å². The second-order valence-corrected chi connectivity index (χ2v) is 6.53. The molecule has 0 radical (unpaired) electrons. The van der Waals surface area contributed by atoms with Crippen LogP contribution in [0, 0.1) is 0 Å². The van der Waals surface area contributed by atoms with E-state index in [1.807, 2.05) is 41.0 Å². The SMILES string of the molecule is Cn1ncc(C(=O)N2CCN3CCCC[C@H]3C2)c1-n1cccc1. The van der Waals surface area contributed by atoms with Gasteiger partial charge >= 0.3 is 0 Å². The number of carbonyl (C=O) groups is 1. The molecule has 4 rings (SSSR count). The number of amides is 1. The van der Waals surface area contributed by atoms with E-state index in [0.29, 0.717) is 11.6 Å². The zero-order valence-electron chi connectivity index (χ0n) is 13.6. The van der Waals surface area contributed by atoms with E-state index in [1.165, 1.54) is 25.8 Å². The van der Waals surface area contributed by atoms with Gasteiger partial charge in [-0.05, 0) is 31.5 Å². The minimum absolute atomic E-state index is 0.104. The zero-order chi connectivity index (χ0) is 15.8. The first-order valence-electron chi connectivity index (χ1n) is 8.43. The molecule has 0 unspecified atom stereocenters. The third-order valence-electron chi connectivity index (χ3n) is 5.11. The lowest BCUT2D eigenvalue weighted by Gasteiger charge is -2.44. The van der Waals surface area contributed by atoms with Gasteiger partial charge in [-0.3, -0.25) is 14.4 Å². The molecule has 2 aromatic rings. The largest absolute Gasteiger partial charge is 0.336 e. The number of nitrogens with zero attached hydrogens (tertiary/aromatic N) is 5. The van der Waals surface area contributed by atoms with E-state index in [1.54, 1.807) is 10.9 Å². The van der Waals surface area contributed by atoms with E-state index < -0.39 is 0 Å². The summed E-state index contributed by atoms with van der Waals surface area (Å²) in [7, 11) is 1.88. The van der Waals surface area contributed by atoms with Crippen LogP contribution in [0.3, 0.4) is 0 Å². The van der Waals surface area contributed by atoms with Gasteiger partial charge < -0.3 is 9.47 Å². The molecule has 6 heteroatoms. The van der Waals surface area contributed by atoms with E-state index >= 15 is 0 Å². The van der Waals surface area contributed by atoms with Crippen molar-refractivity contribution >= 4 is 5.91 Å². The lowest BCUT2D eigenvalue weighted by Crippen LogP contribution is -2.56. The van der Waals surface area contributed by atoms with Crippen LogP contribution >= 0.6 is 0 Å². The molecule has 0 saturated carbocycles. The van der Waals surface area contributed by atoms with Crippen molar-refractivity contribution in [1.82, 2.24) is 24.1 Å². The summed E-state index contributed by atoms with van der Waals surface area (Å²) in [6.07, 6.45) is 9.39. The van der Waals surface area contributed by atoms with Crippen molar-refractivity contribution in [2.45, 2.75) is 25.3 Å². The van der Waals surface area contributed by atoms with Gasteiger partial charge in [0.05, 0.1) is 6.20 Å². The monoisotopic (exact) mass is 313 g/mol. The maximum absolute atomic E-state index is 13.0. The summed E-state index contributed by atoms with van der Waals surface area (Å²) in [4.78, 5) is 17.6. The normalized spacial score (nSPS) is 22.1. The molecular weight excluding hydrogens is 290 g/mol. The smallest absolute Gasteiger partial charge is 0.259 e. The van der Waals surface area contributed by atoms with E-state index in [0.717, 1.165) is 25.5 Å². The lowest BCUT2D eigenvalue weighted by molar-refractivity contribution is 0.0372. The Bertz CT molecular complexity index is 690. The third kappa shape index (κ3) is 2.57. The van der Waals surface area contributed by atoms with Crippen molar-refractivity contribution in [2.75, 3.05) is 26.2 Å². The van der Waals surface area contributed by atoms with Crippen LogP contribution in [0.1, 0.15) is 29.6 Å². The molecule has 2 aromatic heterocycles. The molecule has 2 fully saturated rings. The standard InChI is InChI=1S/C17H23N5O/c1-19-16(21-8-4-5-9-21)15(12-18-19)17(23)22-11-10-20-7-3-2-6-14(20)13-22/h4-5,8-9,12,14H,2-3,6-7,10-11,13H2,1H3/t14-/m0/s1. The van der Waals surface area contributed by atoms with Crippen molar-refractivity contribution in [3.8, 4) is 5.82 Å². The average Bonchev–Trinajstić information content (AvgIpc) is 3.23. The maximum Gasteiger partial charge on any atom is 0.259 e. The Hall–Kier alpha value is -2.08. The van der Waals surface area contributed by atoms with Crippen molar-refractivity contribution in [2.24, 2.45) is 7.05 Å². The zero-order valence-corrected chi connectivity index (χ0v) is 13.6. The summed E-state index contributed by atoms with van der Waals surface area (Å²) in [5.41, 5.74) is 0.688. The Balaban J connectivity index is 1.58. The average molecular weight is 313 g/mol. The van der Waals surface area contributed by atoms with Crippen LogP contribution in [-0.2, 0) is 7.05 Å². The molecular formula is C17H23N5O. The van der Waals surface area contributed by atoms with Crippen LogP contribution in [0.5, 0.6) is 0 Å². The van der Waals surface area contributed by atoms with E-state index in [2.05, 4.69) is 10.00 Å². The fourth-order valence-electron chi connectivity index (χ4n) is 3.87. The molecule has 1 amide bonds. The van der Waals surface area contributed by atoms with Crippen molar-refractivity contribution < 1.29 is 4.79 Å². The minimum Gasteiger partial charge on any atom is -0.336 e. The highest BCUT2D eigenvalue weighted by Crippen LogP contribution is 2.23. The number of aryl methyl sites for hydroxylation is 1. The molecule has 2 aliphatic heterocycles. The predicted molar refractivity (Wildman–Crippen MR) is 87.7 cm³/mol. The van der Waals surface area contributed by atoms with E-state index in [9.17, 15) is 4.79 Å². The number of rotatable bonds is 2. The number of fused-ring (bicyclic) bond motifs is 1. The van der Waals surface area contributed by atoms with Crippen LogP contribution in [0.15, 0.2) is 30.7 Å². The minimum atomic E-state index is 0.104. The van der Waals surface area contributed by atoms with Gasteiger partial charge in [0, 0.05) is 45.1 Å². The summed E-state index contributed by atoms with van der Waals surface area (Å²) in [6, 6.07) is 4.46. The molecule has 0 spiro atoms. The van der Waals surface area contributed by atoms with Gasteiger partial charge in [0.15, 0.2) is 0 Å². The second-order valence-electron chi connectivity index (χ2n) is 6.53. The van der Waals surface area contributed by atoms with Gasteiger partial charge in [-0.15, -0.1) is 0 Å². The van der Waals surface area contributed by atoms with Crippen LogP contribution in [0.4, 0.5) is 0 Å². The highest BCUT2D eigenvalue weighted by molar-refractivity contribution is 5.97. The Morgan fingerprint density at radius 1 is 1.17 bits per heavy atom. The first-order valence-corrected chi connectivity index (χ1v) is 8.43. The van der Waals surface area contributed by atoms with Crippen LogP contribution in [-0.4, -0.2) is 62.3 Å². The Kier molecular flexibility index (Phi) is 3.69. The number of hydrogen-bond donors (Lipinski definition) is 0. The Morgan fingerprint density at radius 2 is 2.00 bits per heavy atom. The van der Waals surface area contributed by atoms with E-state index in [-0.39, 0.29) is 5.91 Å². The molecule has 2 saturated heterocycles. The van der Waals surface area contributed by atoms with Gasteiger partial charge in [-0.2, -0.15) is 5.10 Å². The third-order valence-corrected chi connectivity index (χ3v) is 5.11. The second kappa shape index (κ2) is 5.85. The van der Waals surface area contributed by atoms with Crippen molar-refractivity contribution in [1.29, 1.82) is 0 Å². The topological polar surface area (TPSA) is 46.3 Å². The molecule has 0 N–H and O–H groups in total. The molecule has 1 atom stereocenters. The molecule has 4 heterocycles. The van der Waals surface area contributed by atoms with Crippen molar-refractivity contribution in [3.63, 3.8) is 0 Å². The number of hydrogen-bond acceptors (Lipinski definition) is 3. The first kappa shape index (κ1) is 14.5. The highest BCUT2D eigenvalue weighted by atomic mass is 16.2. The summed E-state index contributed by atoms with van der Waals surface area (Å²) in [5, 5.41) is 4.31. The molecule has 0 aromatic carbocycles. The summed E-state index contributed by atoms with van der Waals surface area (Å²) >= 11 is 0.